The van der Waals surface area contributed by atoms with Crippen molar-refractivity contribution >= 4 is 23.2 Å². The van der Waals surface area contributed by atoms with Gasteiger partial charge in [0.1, 0.15) is 5.75 Å². The minimum Gasteiger partial charge on any atom is -0.497 e. The van der Waals surface area contributed by atoms with Crippen molar-refractivity contribution in [3.05, 3.63) is 72.3 Å². The van der Waals surface area contributed by atoms with E-state index in [-0.39, 0.29) is 5.91 Å². The number of aromatic nitrogens is 2. The zero-order valence-electron chi connectivity index (χ0n) is 13.8. The second-order valence-corrected chi connectivity index (χ2v) is 5.37. The summed E-state index contributed by atoms with van der Waals surface area (Å²) >= 11 is 0. The molecule has 0 saturated carbocycles. The SMILES string of the molecule is COc1ccc(Nc2ccc(NC(=O)Cc3ccccc3)nn2)cc1. The molecule has 6 nitrogen and oxygen atoms in total. The number of rotatable bonds is 6. The van der Waals surface area contributed by atoms with Gasteiger partial charge in [-0.05, 0) is 42.0 Å². The fourth-order valence-corrected chi connectivity index (χ4v) is 2.26. The van der Waals surface area contributed by atoms with Gasteiger partial charge in [-0.25, -0.2) is 0 Å². The Bertz CT molecular complexity index is 818. The third-order valence-corrected chi connectivity index (χ3v) is 3.50. The summed E-state index contributed by atoms with van der Waals surface area (Å²) in [5.41, 5.74) is 1.82. The second kappa shape index (κ2) is 7.92. The molecule has 126 valence electrons. The standard InChI is InChI=1S/C19H18N4O2/c1-25-16-9-7-15(8-10-16)20-17-11-12-18(23-22-17)21-19(24)13-14-5-3-2-4-6-14/h2-12H,13H2,1H3,(H,20,22)(H,21,23,24). The summed E-state index contributed by atoms with van der Waals surface area (Å²) in [6.07, 6.45) is 0.300. The predicted molar refractivity (Wildman–Crippen MR) is 97.1 cm³/mol. The molecule has 0 fully saturated rings. The van der Waals surface area contributed by atoms with Crippen molar-refractivity contribution in [1.82, 2.24) is 10.2 Å². The Morgan fingerprint density at radius 3 is 2.24 bits per heavy atom. The van der Waals surface area contributed by atoms with Gasteiger partial charge >= 0.3 is 0 Å². The molecule has 0 saturated heterocycles. The first kappa shape index (κ1) is 16.4. The van der Waals surface area contributed by atoms with Crippen molar-refractivity contribution in [3.8, 4) is 5.75 Å². The van der Waals surface area contributed by atoms with E-state index in [0.29, 0.717) is 18.1 Å². The van der Waals surface area contributed by atoms with Gasteiger partial charge in [0.15, 0.2) is 11.6 Å². The van der Waals surface area contributed by atoms with Gasteiger partial charge in [0.05, 0.1) is 13.5 Å². The number of amides is 1. The van der Waals surface area contributed by atoms with Crippen molar-refractivity contribution in [2.24, 2.45) is 0 Å². The topological polar surface area (TPSA) is 76.1 Å². The molecule has 0 spiro atoms. The Labute approximate surface area is 145 Å². The number of carbonyl (C=O) groups excluding carboxylic acids is 1. The minimum atomic E-state index is -0.128. The van der Waals surface area contributed by atoms with Crippen LogP contribution >= 0.6 is 0 Å². The summed E-state index contributed by atoms with van der Waals surface area (Å²) in [5, 5.41) is 14.0. The van der Waals surface area contributed by atoms with Gasteiger partial charge in [0.2, 0.25) is 5.91 Å². The van der Waals surface area contributed by atoms with Gasteiger partial charge in [-0.1, -0.05) is 30.3 Å². The van der Waals surface area contributed by atoms with Crippen LogP contribution in [0.15, 0.2) is 66.7 Å². The molecule has 3 rings (SSSR count). The zero-order chi connectivity index (χ0) is 17.5. The van der Waals surface area contributed by atoms with E-state index in [0.717, 1.165) is 17.0 Å². The molecular weight excluding hydrogens is 316 g/mol. The Hall–Kier alpha value is -3.41. The monoisotopic (exact) mass is 334 g/mol. The number of anilines is 3. The summed E-state index contributed by atoms with van der Waals surface area (Å²) in [7, 11) is 1.62. The lowest BCUT2D eigenvalue weighted by Crippen LogP contribution is -2.15. The van der Waals surface area contributed by atoms with E-state index < -0.39 is 0 Å². The molecule has 3 aromatic rings. The van der Waals surface area contributed by atoms with Crippen molar-refractivity contribution in [2.45, 2.75) is 6.42 Å². The Morgan fingerprint density at radius 1 is 0.920 bits per heavy atom. The number of nitrogens with one attached hydrogen (secondary N) is 2. The van der Waals surface area contributed by atoms with E-state index in [1.807, 2.05) is 54.6 Å². The summed E-state index contributed by atoms with van der Waals surface area (Å²) in [6.45, 7) is 0. The maximum absolute atomic E-state index is 12.0. The maximum atomic E-state index is 12.0. The zero-order valence-corrected chi connectivity index (χ0v) is 13.8. The van der Waals surface area contributed by atoms with Crippen molar-refractivity contribution in [2.75, 3.05) is 17.7 Å². The van der Waals surface area contributed by atoms with Gasteiger partial charge < -0.3 is 15.4 Å². The first-order valence-corrected chi connectivity index (χ1v) is 7.81. The molecule has 0 aliphatic heterocycles. The third kappa shape index (κ3) is 4.78. The van der Waals surface area contributed by atoms with Crippen LogP contribution in [0.5, 0.6) is 5.75 Å². The number of carbonyl (C=O) groups is 1. The highest BCUT2D eigenvalue weighted by Gasteiger charge is 2.05. The lowest BCUT2D eigenvalue weighted by atomic mass is 10.1. The molecule has 6 heteroatoms. The summed E-state index contributed by atoms with van der Waals surface area (Å²) in [4.78, 5) is 12.0. The molecule has 1 heterocycles. The van der Waals surface area contributed by atoms with Gasteiger partial charge in [0.25, 0.3) is 0 Å². The quantitative estimate of drug-likeness (QED) is 0.722. The first-order chi connectivity index (χ1) is 12.2. The van der Waals surface area contributed by atoms with Crippen LogP contribution in [0.1, 0.15) is 5.56 Å². The molecule has 0 radical (unpaired) electrons. The van der Waals surface area contributed by atoms with Crippen molar-refractivity contribution in [3.63, 3.8) is 0 Å². The molecule has 25 heavy (non-hydrogen) atoms. The number of nitrogens with zero attached hydrogens (tertiary/aromatic N) is 2. The van der Waals surface area contributed by atoms with Crippen molar-refractivity contribution in [1.29, 1.82) is 0 Å². The molecule has 0 atom stereocenters. The van der Waals surface area contributed by atoms with E-state index in [1.54, 1.807) is 19.2 Å². The Balaban J connectivity index is 1.57. The maximum Gasteiger partial charge on any atom is 0.229 e. The predicted octanol–water partition coefficient (Wildman–Crippen LogP) is 3.41. The fraction of sp³-hybridized carbons (Fsp3) is 0.105. The summed E-state index contributed by atoms with van der Waals surface area (Å²) in [5.74, 6) is 1.66. The first-order valence-electron chi connectivity index (χ1n) is 7.81. The number of ether oxygens (including phenoxy) is 1. The molecule has 0 aliphatic rings. The summed E-state index contributed by atoms with van der Waals surface area (Å²) in [6, 6.07) is 20.5. The van der Waals surface area contributed by atoms with Gasteiger partial charge in [-0.15, -0.1) is 10.2 Å². The van der Waals surface area contributed by atoms with Crippen LogP contribution in [0.25, 0.3) is 0 Å². The second-order valence-electron chi connectivity index (χ2n) is 5.37. The number of hydrogen-bond acceptors (Lipinski definition) is 5. The molecular formula is C19H18N4O2. The average Bonchev–Trinajstić information content (AvgIpc) is 2.65. The molecule has 2 aromatic carbocycles. The highest BCUT2D eigenvalue weighted by molar-refractivity contribution is 5.91. The van der Waals surface area contributed by atoms with Crippen molar-refractivity contribution < 1.29 is 9.53 Å². The Kier molecular flexibility index (Phi) is 5.21. The largest absolute Gasteiger partial charge is 0.497 e. The molecule has 0 bridgehead atoms. The highest BCUT2D eigenvalue weighted by Crippen LogP contribution is 2.18. The normalized spacial score (nSPS) is 10.1. The van der Waals surface area contributed by atoms with Crippen LogP contribution in [0.4, 0.5) is 17.3 Å². The molecule has 1 amide bonds. The number of hydrogen-bond donors (Lipinski definition) is 2. The van der Waals surface area contributed by atoms with Crippen LogP contribution < -0.4 is 15.4 Å². The van der Waals surface area contributed by atoms with Crippen LogP contribution in [-0.2, 0) is 11.2 Å². The van der Waals surface area contributed by atoms with Crippen LogP contribution in [-0.4, -0.2) is 23.2 Å². The van der Waals surface area contributed by atoms with Gasteiger partial charge in [-0.3, -0.25) is 4.79 Å². The van der Waals surface area contributed by atoms with Gasteiger partial charge in [0, 0.05) is 5.69 Å². The lowest BCUT2D eigenvalue weighted by molar-refractivity contribution is -0.115. The van der Waals surface area contributed by atoms with Crippen LogP contribution in [0, 0.1) is 0 Å². The molecule has 0 aliphatic carbocycles. The molecule has 0 unspecified atom stereocenters. The minimum absolute atomic E-state index is 0.128. The van der Waals surface area contributed by atoms with Gasteiger partial charge in [-0.2, -0.15) is 0 Å². The number of benzene rings is 2. The van der Waals surface area contributed by atoms with Crippen LogP contribution in [0.2, 0.25) is 0 Å². The van der Waals surface area contributed by atoms with Crippen LogP contribution in [0.3, 0.4) is 0 Å². The van der Waals surface area contributed by atoms with E-state index in [1.165, 1.54) is 0 Å². The average molecular weight is 334 g/mol. The molecule has 1 aromatic heterocycles. The number of methoxy groups -OCH3 is 1. The Morgan fingerprint density at radius 2 is 1.60 bits per heavy atom. The van der Waals surface area contributed by atoms with E-state index in [2.05, 4.69) is 20.8 Å². The van der Waals surface area contributed by atoms with E-state index >= 15 is 0 Å². The lowest BCUT2D eigenvalue weighted by Gasteiger charge is -2.07. The fourth-order valence-electron chi connectivity index (χ4n) is 2.26. The smallest absolute Gasteiger partial charge is 0.229 e. The summed E-state index contributed by atoms with van der Waals surface area (Å²) < 4.78 is 5.12. The van der Waals surface area contributed by atoms with E-state index in [4.69, 9.17) is 4.74 Å². The third-order valence-electron chi connectivity index (χ3n) is 3.50. The molecule has 2 N–H and O–H groups in total. The van der Waals surface area contributed by atoms with E-state index in [9.17, 15) is 4.79 Å². The highest BCUT2D eigenvalue weighted by atomic mass is 16.5.